The van der Waals surface area contributed by atoms with Crippen molar-refractivity contribution >= 4 is 60.3 Å². The SMILES string of the molecule is O=C(Nc1ccc(Cl)c(-c2nccc3ccsc23)c1)c1ccc(N2CCCCS2(=O)=O)cc1. The Morgan fingerprint density at radius 3 is 2.67 bits per heavy atom. The van der Waals surface area contributed by atoms with Gasteiger partial charge in [-0.3, -0.25) is 14.1 Å². The van der Waals surface area contributed by atoms with Crippen LogP contribution in [0.1, 0.15) is 23.2 Å². The largest absolute Gasteiger partial charge is 0.322 e. The summed E-state index contributed by atoms with van der Waals surface area (Å²) in [6.45, 7) is 0.465. The first-order chi connectivity index (χ1) is 15.9. The molecule has 4 aromatic rings. The van der Waals surface area contributed by atoms with Crippen molar-refractivity contribution in [1.29, 1.82) is 0 Å². The molecule has 3 heterocycles. The molecule has 0 unspecified atom stereocenters. The maximum absolute atomic E-state index is 12.8. The first-order valence-corrected chi connectivity index (χ1v) is 13.3. The summed E-state index contributed by atoms with van der Waals surface area (Å²) in [6.07, 6.45) is 3.25. The highest BCUT2D eigenvalue weighted by atomic mass is 35.5. The summed E-state index contributed by atoms with van der Waals surface area (Å²) in [5.74, 6) is -0.138. The van der Waals surface area contributed by atoms with E-state index in [2.05, 4.69) is 10.3 Å². The number of sulfonamides is 1. The van der Waals surface area contributed by atoms with Crippen molar-refractivity contribution in [3.63, 3.8) is 0 Å². The quantitative estimate of drug-likeness (QED) is 0.386. The number of anilines is 2. The van der Waals surface area contributed by atoms with Crippen LogP contribution in [0, 0.1) is 0 Å². The third-order valence-corrected chi connectivity index (χ3v) is 8.75. The van der Waals surface area contributed by atoms with Gasteiger partial charge in [-0.1, -0.05) is 11.6 Å². The number of pyridine rings is 1. The zero-order valence-corrected chi connectivity index (χ0v) is 19.9. The normalized spacial score (nSPS) is 15.5. The Balaban J connectivity index is 1.38. The number of halogens is 1. The van der Waals surface area contributed by atoms with Gasteiger partial charge >= 0.3 is 0 Å². The van der Waals surface area contributed by atoms with Crippen LogP contribution in [0.5, 0.6) is 0 Å². The van der Waals surface area contributed by atoms with Gasteiger partial charge in [0.05, 0.1) is 26.9 Å². The molecular weight excluding hydrogens is 478 g/mol. The van der Waals surface area contributed by atoms with E-state index >= 15 is 0 Å². The van der Waals surface area contributed by atoms with Gasteiger partial charge in [-0.15, -0.1) is 11.3 Å². The summed E-state index contributed by atoms with van der Waals surface area (Å²) in [4.78, 5) is 17.4. The molecule has 33 heavy (non-hydrogen) atoms. The molecule has 0 spiro atoms. The zero-order valence-electron chi connectivity index (χ0n) is 17.5. The molecule has 0 saturated carbocycles. The van der Waals surface area contributed by atoms with Crippen molar-refractivity contribution in [3.05, 3.63) is 76.8 Å². The summed E-state index contributed by atoms with van der Waals surface area (Å²) in [7, 11) is -3.29. The van der Waals surface area contributed by atoms with Crippen molar-refractivity contribution in [2.45, 2.75) is 12.8 Å². The average Bonchev–Trinajstić information content (AvgIpc) is 3.29. The molecule has 9 heteroatoms. The molecule has 0 radical (unpaired) electrons. The fourth-order valence-electron chi connectivity index (χ4n) is 3.93. The van der Waals surface area contributed by atoms with Crippen LogP contribution in [0.2, 0.25) is 5.02 Å². The number of thiophene rings is 1. The number of hydrogen-bond acceptors (Lipinski definition) is 5. The van der Waals surface area contributed by atoms with Crippen LogP contribution in [0.25, 0.3) is 21.3 Å². The Morgan fingerprint density at radius 1 is 1.06 bits per heavy atom. The van der Waals surface area contributed by atoms with Gasteiger partial charge < -0.3 is 5.32 Å². The fraction of sp³-hybridized carbons (Fsp3) is 0.167. The first kappa shape index (κ1) is 21.9. The van der Waals surface area contributed by atoms with Gasteiger partial charge in [-0.25, -0.2) is 8.42 Å². The van der Waals surface area contributed by atoms with E-state index in [0.29, 0.717) is 34.9 Å². The number of carbonyl (C=O) groups excluding carboxylic acids is 1. The third-order valence-electron chi connectivity index (χ3n) is 5.61. The van der Waals surface area contributed by atoms with Crippen LogP contribution in [0.4, 0.5) is 11.4 Å². The second kappa shape index (κ2) is 8.78. The molecular formula is C24H20ClN3O3S2. The van der Waals surface area contributed by atoms with E-state index in [1.54, 1.807) is 53.9 Å². The van der Waals surface area contributed by atoms with Crippen LogP contribution in [0.3, 0.4) is 0 Å². The minimum Gasteiger partial charge on any atom is -0.322 e. The highest BCUT2D eigenvalue weighted by molar-refractivity contribution is 7.92. The minimum atomic E-state index is -3.29. The molecule has 0 aliphatic carbocycles. The molecule has 2 aromatic heterocycles. The predicted molar refractivity (Wildman–Crippen MR) is 135 cm³/mol. The van der Waals surface area contributed by atoms with Crippen molar-refractivity contribution in [1.82, 2.24) is 4.98 Å². The number of aromatic nitrogens is 1. The summed E-state index contributed by atoms with van der Waals surface area (Å²) in [5.41, 5.74) is 3.12. The lowest BCUT2D eigenvalue weighted by Gasteiger charge is -2.28. The van der Waals surface area contributed by atoms with E-state index in [0.717, 1.165) is 27.8 Å². The van der Waals surface area contributed by atoms with E-state index in [1.165, 1.54) is 4.31 Å². The van der Waals surface area contributed by atoms with E-state index in [1.807, 2.05) is 23.6 Å². The summed E-state index contributed by atoms with van der Waals surface area (Å²) < 4.78 is 27.1. The first-order valence-electron chi connectivity index (χ1n) is 10.5. The molecule has 1 fully saturated rings. The molecule has 0 atom stereocenters. The maximum atomic E-state index is 12.8. The lowest BCUT2D eigenvalue weighted by Crippen LogP contribution is -2.37. The van der Waals surface area contributed by atoms with Gasteiger partial charge in [0.25, 0.3) is 5.91 Å². The highest BCUT2D eigenvalue weighted by Gasteiger charge is 2.26. The number of nitrogens with one attached hydrogen (secondary N) is 1. The zero-order chi connectivity index (χ0) is 23.0. The Kier molecular flexibility index (Phi) is 5.82. The van der Waals surface area contributed by atoms with Gasteiger partial charge in [0, 0.05) is 29.6 Å². The second-order valence-corrected chi connectivity index (χ2v) is 11.1. The Bertz CT molecular complexity index is 1450. The average molecular weight is 498 g/mol. The number of benzene rings is 2. The van der Waals surface area contributed by atoms with Gasteiger partial charge in [0.1, 0.15) is 0 Å². The number of fused-ring (bicyclic) bond motifs is 1. The number of nitrogens with zero attached hydrogens (tertiary/aromatic N) is 2. The number of rotatable bonds is 4. The predicted octanol–water partition coefficient (Wildman–Crippen LogP) is 5.80. The van der Waals surface area contributed by atoms with E-state index in [-0.39, 0.29) is 11.7 Å². The van der Waals surface area contributed by atoms with Gasteiger partial charge in [0.2, 0.25) is 10.0 Å². The molecule has 5 rings (SSSR count). The summed E-state index contributed by atoms with van der Waals surface area (Å²) >= 11 is 8.06. The fourth-order valence-corrected chi connectivity index (χ4v) is 6.67. The molecule has 1 aliphatic heterocycles. The van der Waals surface area contributed by atoms with E-state index in [4.69, 9.17) is 11.6 Å². The van der Waals surface area contributed by atoms with Crippen molar-refractivity contribution in [2.24, 2.45) is 0 Å². The molecule has 1 saturated heterocycles. The Hall–Kier alpha value is -2.94. The standard InChI is InChI=1S/C24H20ClN3O3S2/c25-21-8-5-18(15-20(21)22-23-16(9-11-26-22)10-13-32-23)27-24(29)17-3-6-19(7-4-17)28-12-1-2-14-33(28,30)31/h3-11,13,15H,1-2,12,14H2,(H,27,29). The molecule has 168 valence electrons. The monoisotopic (exact) mass is 497 g/mol. The van der Waals surface area contributed by atoms with Crippen LogP contribution in [-0.4, -0.2) is 31.6 Å². The van der Waals surface area contributed by atoms with Crippen LogP contribution < -0.4 is 9.62 Å². The molecule has 0 bridgehead atoms. The molecule has 1 N–H and O–H groups in total. The number of amides is 1. The second-order valence-electron chi connectivity index (χ2n) is 7.79. The number of carbonyl (C=O) groups is 1. The Morgan fingerprint density at radius 2 is 1.88 bits per heavy atom. The lowest BCUT2D eigenvalue weighted by molar-refractivity contribution is 0.102. The van der Waals surface area contributed by atoms with E-state index < -0.39 is 10.0 Å². The summed E-state index contributed by atoms with van der Waals surface area (Å²) in [6, 6.07) is 15.9. The number of hydrogen-bond donors (Lipinski definition) is 1. The van der Waals surface area contributed by atoms with Gasteiger partial charge in [-0.2, -0.15) is 0 Å². The third kappa shape index (κ3) is 4.34. The lowest BCUT2D eigenvalue weighted by atomic mass is 10.1. The molecule has 6 nitrogen and oxygen atoms in total. The van der Waals surface area contributed by atoms with Crippen LogP contribution in [0.15, 0.2) is 66.2 Å². The van der Waals surface area contributed by atoms with Crippen LogP contribution in [-0.2, 0) is 10.0 Å². The van der Waals surface area contributed by atoms with Crippen LogP contribution >= 0.6 is 22.9 Å². The molecule has 2 aromatic carbocycles. The highest BCUT2D eigenvalue weighted by Crippen LogP contribution is 2.36. The topological polar surface area (TPSA) is 79.4 Å². The smallest absolute Gasteiger partial charge is 0.255 e. The Labute approximate surface area is 200 Å². The van der Waals surface area contributed by atoms with Crippen molar-refractivity contribution in [3.8, 4) is 11.3 Å². The molecule has 1 aliphatic rings. The molecule has 1 amide bonds. The summed E-state index contributed by atoms with van der Waals surface area (Å²) in [5, 5.41) is 6.55. The van der Waals surface area contributed by atoms with Gasteiger partial charge in [-0.05, 0) is 78.2 Å². The van der Waals surface area contributed by atoms with Crippen molar-refractivity contribution < 1.29 is 13.2 Å². The van der Waals surface area contributed by atoms with E-state index in [9.17, 15) is 13.2 Å². The van der Waals surface area contributed by atoms with Crippen molar-refractivity contribution in [2.75, 3.05) is 21.9 Å². The maximum Gasteiger partial charge on any atom is 0.255 e. The minimum absolute atomic E-state index is 0.155. The van der Waals surface area contributed by atoms with Gasteiger partial charge in [0.15, 0.2) is 0 Å².